The second-order valence-corrected chi connectivity index (χ2v) is 3.49. The quantitative estimate of drug-likeness (QED) is 0.702. The molecule has 1 aliphatic rings. The molecule has 0 amide bonds. The molecule has 2 heterocycles. The summed E-state index contributed by atoms with van der Waals surface area (Å²) in [7, 11) is 1.90. The zero-order chi connectivity index (χ0) is 9.97. The minimum absolute atomic E-state index is 0.0658. The molecule has 1 atom stereocenters. The number of aromatic nitrogens is 2. The smallest absolute Gasteiger partial charge is 0.0980 e. The summed E-state index contributed by atoms with van der Waals surface area (Å²) in [5.74, 6) is 0. The van der Waals surface area contributed by atoms with Crippen molar-refractivity contribution in [3.8, 4) is 0 Å². The second kappa shape index (κ2) is 3.98. The average Bonchev–Trinajstić information content (AvgIpc) is 2.65. The third kappa shape index (κ3) is 1.88. The van der Waals surface area contributed by atoms with Crippen LogP contribution in [0.2, 0.25) is 0 Å². The predicted octanol–water partition coefficient (Wildman–Crippen LogP) is -0.382. The molecule has 1 fully saturated rings. The van der Waals surface area contributed by atoms with Gasteiger partial charge in [0.15, 0.2) is 0 Å². The first-order chi connectivity index (χ1) is 6.79. The Hall–Kier alpha value is -1.07. The molecule has 1 aromatic rings. The number of nitrogens with zero attached hydrogens (tertiary/aromatic N) is 3. The van der Waals surface area contributed by atoms with Gasteiger partial charge in [0.1, 0.15) is 0 Å². The Balaban J connectivity index is 2.04. The molecule has 5 heteroatoms. The van der Waals surface area contributed by atoms with Crippen molar-refractivity contribution < 1.29 is 9.84 Å². The van der Waals surface area contributed by atoms with Crippen LogP contribution in [0.15, 0.2) is 12.4 Å². The van der Waals surface area contributed by atoms with Crippen molar-refractivity contribution >= 4 is 5.69 Å². The van der Waals surface area contributed by atoms with Crippen molar-refractivity contribution in [1.29, 1.82) is 0 Å². The van der Waals surface area contributed by atoms with Crippen molar-refractivity contribution in [2.24, 2.45) is 7.05 Å². The van der Waals surface area contributed by atoms with Crippen molar-refractivity contribution in [2.45, 2.75) is 6.10 Å². The summed E-state index contributed by atoms with van der Waals surface area (Å²) in [5.41, 5.74) is 1.09. The highest BCUT2D eigenvalue weighted by Gasteiger charge is 2.20. The topological polar surface area (TPSA) is 50.5 Å². The van der Waals surface area contributed by atoms with Crippen molar-refractivity contribution in [1.82, 2.24) is 9.78 Å². The van der Waals surface area contributed by atoms with Crippen LogP contribution in [0.5, 0.6) is 0 Å². The van der Waals surface area contributed by atoms with Gasteiger partial charge in [0, 0.05) is 26.3 Å². The van der Waals surface area contributed by atoms with E-state index in [2.05, 4.69) is 10.00 Å². The van der Waals surface area contributed by atoms with Gasteiger partial charge in [-0.2, -0.15) is 5.10 Å². The maximum absolute atomic E-state index is 8.99. The number of morpholine rings is 1. The highest BCUT2D eigenvalue weighted by atomic mass is 16.5. The van der Waals surface area contributed by atoms with Crippen molar-refractivity contribution in [3.05, 3.63) is 12.4 Å². The fourth-order valence-corrected chi connectivity index (χ4v) is 1.64. The molecule has 5 nitrogen and oxygen atoms in total. The summed E-state index contributed by atoms with van der Waals surface area (Å²) >= 11 is 0. The lowest BCUT2D eigenvalue weighted by Crippen LogP contribution is -2.44. The van der Waals surface area contributed by atoms with Crippen LogP contribution in [0.25, 0.3) is 0 Å². The van der Waals surface area contributed by atoms with Gasteiger partial charge in [-0.15, -0.1) is 0 Å². The lowest BCUT2D eigenvalue weighted by molar-refractivity contribution is 0.00356. The first-order valence-corrected chi connectivity index (χ1v) is 4.75. The predicted molar refractivity (Wildman–Crippen MR) is 52.2 cm³/mol. The molecule has 0 spiro atoms. The van der Waals surface area contributed by atoms with Crippen molar-refractivity contribution in [3.63, 3.8) is 0 Å². The van der Waals surface area contributed by atoms with Crippen LogP contribution in [0.4, 0.5) is 5.69 Å². The Labute approximate surface area is 82.9 Å². The molecule has 1 aliphatic heterocycles. The number of aliphatic hydroxyl groups is 1. The highest BCUT2D eigenvalue weighted by Crippen LogP contribution is 2.15. The van der Waals surface area contributed by atoms with E-state index in [-0.39, 0.29) is 12.7 Å². The first-order valence-electron chi connectivity index (χ1n) is 4.75. The van der Waals surface area contributed by atoms with E-state index in [1.807, 2.05) is 19.4 Å². The SMILES string of the molecule is Cn1cc(N2CCOC(CO)C2)cn1. The number of rotatable bonds is 2. The lowest BCUT2D eigenvalue weighted by Gasteiger charge is -2.32. The standard InChI is InChI=1S/C9H15N3O2/c1-11-5-8(4-10-11)12-2-3-14-9(6-12)7-13/h4-5,9,13H,2-3,6-7H2,1H3. The lowest BCUT2D eigenvalue weighted by atomic mass is 10.3. The normalized spacial score (nSPS) is 22.7. The molecular formula is C9H15N3O2. The third-order valence-electron chi connectivity index (χ3n) is 2.40. The van der Waals surface area contributed by atoms with Gasteiger partial charge in [0.2, 0.25) is 0 Å². The summed E-state index contributed by atoms with van der Waals surface area (Å²) < 4.78 is 7.14. The molecule has 1 saturated heterocycles. The van der Waals surface area contributed by atoms with Crippen LogP contribution < -0.4 is 4.90 Å². The minimum atomic E-state index is -0.0658. The molecule has 0 aliphatic carbocycles. The van der Waals surface area contributed by atoms with Gasteiger partial charge >= 0.3 is 0 Å². The van der Waals surface area contributed by atoms with Gasteiger partial charge in [-0.05, 0) is 0 Å². The fourth-order valence-electron chi connectivity index (χ4n) is 1.64. The summed E-state index contributed by atoms with van der Waals surface area (Å²) in [4.78, 5) is 2.18. The van der Waals surface area contributed by atoms with E-state index in [0.717, 1.165) is 18.8 Å². The number of hydrogen-bond acceptors (Lipinski definition) is 4. The molecule has 0 aromatic carbocycles. The largest absolute Gasteiger partial charge is 0.394 e. The van der Waals surface area contributed by atoms with Gasteiger partial charge in [0.25, 0.3) is 0 Å². The van der Waals surface area contributed by atoms with Crippen LogP contribution in [0, 0.1) is 0 Å². The summed E-state index contributed by atoms with van der Waals surface area (Å²) in [6, 6.07) is 0. The van der Waals surface area contributed by atoms with E-state index in [1.165, 1.54) is 0 Å². The van der Waals surface area contributed by atoms with Crippen LogP contribution in [0.3, 0.4) is 0 Å². The summed E-state index contributed by atoms with van der Waals surface area (Å²) in [5, 5.41) is 13.1. The molecule has 78 valence electrons. The van der Waals surface area contributed by atoms with Crippen LogP contribution >= 0.6 is 0 Å². The van der Waals surface area contributed by atoms with E-state index in [1.54, 1.807) is 4.68 Å². The Morgan fingerprint density at radius 1 is 1.71 bits per heavy atom. The molecule has 2 rings (SSSR count). The van der Waals surface area contributed by atoms with E-state index in [4.69, 9.17) is 9.84 Å². The van der Waals surface area contributed by atoms with Crippen LogP contribution in [0.1, 0.15) is 0 Å². The fraction of sp³-hybridized carbons (Fsp3) is 0.667. The van der Waals surface area contributed by atoms with Gasteiger partial charge in [-0.25, -0.2) is 0 Å². The molecule has 14 heavy (non-hydrogen) atoms. The van der Waals surface area contributed by atoms with Gasteiger partial charge in [0.05, 0.1) is 31.2 Å². The van der Waals surface area contributed by atoms with E-state index in [9.17, 15) is 0 Å². The number of anilines is 1. The van der Waals surface area contributed by atoms with Crippen LogP contribution in [-0.2, 0) is 11.8 Å². The zero-order valence-corrected chi connectivity index (χ0v) is 8.26. The summed E-state index contributed by atoms with van der Waals surface area (Å²) in [6.07, 6.45) is 3.74. The second-order valence-electron chi connectivity index (χ2n) is 3.49. The molecular weight excluding hydrogens is 182 g/mol. The van der Waals surface area contributed by atoms with Gasteiger partial charge in [-0.3, -0.25) is 4.68 Å². The Morgan fingerprint density at radius 2 is 2.57 bits per heavy atom. The molecule has 1 N–H and O–H groups in total. The molecule has 1 unspecified atom stereocenters. The zero-order valence-electron chi connectivity index (χ0n) is 8.26. The van der Waals surface area contributed by atoms with E-state index in [0.29, 0.717) is 6.61 Å². The van der Waals surface area contributed by atoms with Crippen molar-refractivity contribution in [2.75, 3.05) is 31.2 Å². The maximum Gasteiger partial charge on any atom is 0.0980 e. The molecule has 1 aromatic heterocycles. The number of aliphatic hydroxyl groups excluding tert-OH is 1. The monoisotopic (exact) mass is 197 g/mol. The third-order valence-corrected chi connectivity index (χ3v) is 2.40. The number of hydrogen-bond donors (Lipinski definition) is 1. The first kappa shape index (κ1) is 9.48. The number of aryl methyl sites for hydroxylation is 1. The van der Waals surface area contributed by atoms with Crippen LogP contribution in [-0.4, -0.2) is 47.3 Å². The minimum Gasteiger partial charge on any atom is -0.394 e. The Morgan fingerprint density at radius 3 is 3.21 bits per heavy atom. The maximum atomic E-state index is 8.99. The molecule has 0 radical (unpaired) electrons. The van der Waals surface area contributed by atoms with E-state index < -0.39 is 0 Å². The Kier molecular flexibility index (Phi) is 2.69. The molecule has 0 saturated carbocycles. The number of ether oxygens (including phenoxy) is 1. The summed E-state index contributed by atoms with van der Waals surface area (Å²) in [6.45, 7) is 2.35. The van der Waals surface area contributed by atoms with Gasteiger partial charge in [-0.1, -0.05) is 0 Å². The highest BCUT2D eigenvalue weighted by molar-refractivity contribution is 5.42. The van der Waals surface area contributed by atoms with E-state index >= 15 is 0 Å². The Bertz CT molecular complexity index is 300. The van der Waals surface area contributed by atoms with Gasteiger partial charge < -0.3 is 14.7 Å². The average molecular weight is 197 g/mol. The molecule has 0 bridgehead atoms.